The molecule has 0 bridgehead atoms. The van der Waals surface area contributed by atoms with Gasteiger partial charge in [0, 0.05) is 38.8 Å². The number of nitrogens with zero attached hydrogens (tertiary/aromatic N) is 2. The summed E-state index contributed by atoms with van der Waals surface area (Å²) in [4.78, 5) is 5.26. The molecule has 0 aromatic heterocycles. The van der Waals surface area contributed by atoms with Crippen LogP contribution in [-0.2, 0) is 0 Å². The largest absolute Gasteiger partial charge is 0.393 e. The molecule has 0 radical (unpaired) electrons. The molecule has 3 fully saturated rings. The van der Waals surface area contributed by atoms with Crippen LogP contribution in [0.25, 0.3) is 0 Å². The van der Waals surface area contributed by atoms with E-state index in [0.29, 0.717) is 11.3 Å². The van der Waals surface area contributed by atoms with Gasteiger partial charge in [-0.1, -0.05) is 13.8 Å². The van der Waals surface area contributed by atoms with Gasteiger partial charge in [-0.3, -0.25) is 4.90 Å². The first kappa shape index (κ1) is 13.8. The van der Waals surface area contributed by atoms with Gasteiger partial charge in [-0.15, -0.1) is 0 Å². The van der Waals surface area contributed by atoms with Crippen molar-refractivity contribution in [3.63, 3.8) is 0 Å². The van der Waals surface area contributed by atoms with Crippen LogP contribution >= 0.6 is 0 Å². The highest BCUT2D eigenvalue weighted by Crippen LogP contribution is 2.39. The van der Waals surface area contributed by atoms with Crippen LogP contribution in [0, 0.1) is 11.3 Å². The molecule has 0 aromatic rings. The molecule has 1 aliphatic heterocycles. The van der Waals surface area contributed by atoms with E-state index in [1.54, 1.807) is 0 Å². The van der Waals surface area contributed by atoms with Gasteiger partial charge in [-0.05, 0) is 43.4 Å². The van der Waals surface area contributed by atoms with Crippen molar-refractivity contribution in [2.24, 2.45) is 11.3 Å². The van der Waals surface area contributed by atoms with Gasteiger partial charge in [0.15, 0.2) is 0 Å². The van der Waals surface area contributed by atoms with Crippen molar-refractivity contribution in [3.05, 3.63) is 0 Å². The summed E-state index contributed by atoms with van der Waals surface area (Å²) < 4.78 is 0. The summed E-state index contributed by atoms with van der Waals surface area (Å²) in [7, 11) is 0. The minimum Gasteiger partial charge on any atom is -0.393 e. The van der Waals surface area contributed by atoms with E-state index in [2.05, 4.69) is 23.6 Å². The molecule has 0 spiro atoms. The monoisotopic (exact) mass is 266 g/mol. The van der Waals surface area contributed by atoms with E-state index >= 15 is 0 Å². The maximum Gasteiger partial charge on any atom is 0.0581 e. The average molecular weight is 266 g/mol. The fourth-order valence-corrected chi connectivity index (χ4v) is 3.99. The first-order valence-corrected chi connectivity index (χ1v) is 8.18. The zero-order chi connectivity index (χ0) is 13.5. The molecule has 3 heteroatoms. The van der Waals surface area contributed by atoms with Crippen LogP contribution in [-0.4, -0.2) is 59.8 Å². The Bertz CT molecular complexity index is 306. The number of aliphatic hydroxyl groups excluding tert-OH is 1. The highest BCUT2D eigenvalue weighted by atomic mass is 16.3. The molecule has 1 heterocycles. The van der Waals surface area contributed by atoms with Gasteiger partial charge >= 0.3 is 0 Å². The zero-order valence-electron chi connectivity index (χ0n) is 12.6. The van der Waals surface area contributed by atoms with E-state index in [4.69, 9.17) is 0 Å². The molecule has 2 atom stereocenters. The number of hydrogen-bond acceptors (Lipinski definition) is 3. The van der Waals surface area contributed by atoms with Crippen LogP contribution in [0.2, 0.25) is 0 Å². The first-order chi connectivity index (χ1) is 9.03. The topological polar surface area (TPSA) is 26.7 Å². The third kappa shape index (κ3) is 3.50. The zero-order valence-corrected chi connectivity index (χ0v) is 12.6. The van der Waals surface area contributed by atoms with E-state index in [1.807, 2.05) is 0 Å². The average Bonchev–Trinajstić information content (AvgIpc) is 3.19. The maximum absolute atomic E-state index is 10.2. The normalized spacial score (nSPS) is 37.4. The van der Waals surface area contributed by atoms with Crippen LogP contribution in [0.4, 0.5) is 0 Å². The van der Waals surface area contributed by atoms with Crippen molar-refractivity contribution < 1.29 is 5.11 Å². The maximum atomic E-state index is 10.2. The minimum absolute atomic E-state index is 0.0607. The standard InChI is InChI=1S/C16H30N2O/c1-16(2)6-5-15(19)13(11-16)12-17-7-9-18(10-8-17)14-3-4-14/h13-15,19H,3-12H2,1-2H3. The molecule has 1 saturated heterocycles. The molecule has 2 unspecified atom stereocenters. The minimum atomic E-state index is -0.0607. The Morgan fingerprint density at radius 3 is 2.37 bits per heavy atom. The summed E-state index contributed by atoms with van der Waals surface area (Å²) in [6.45, 7) is 10.7. The number of hydrogen-bond donors (Lipinski definition) is 1. The quantitative estimate of drug-likeness (QED) is 0.846. The lowest BCUT2D eigenvalue weighted by Gasteiger charge is -2.42. The highest BCUT2D eigenvalue weighted by Gasteiger charge is 2.36. The predicted molar refractivity (Wildman–Crippen MR) is 78.2 cm³/mol. The summed E-state index contributed by atoms with van der Waals surface area (Å²) in [6.07, 6.45) is 6.16. The Hall–Kier alpha value is -0.120. The highest BCUT2D eigenvalue weighted by molar-refractivity contribution is 4.90. The van der Waals surface area contributed by atoms with E-state index in [9.17, 15) is 5.11 Å². The number of aliphatic hydroxyl groups is 1. The van der Waals surface area contributed by atoms with Crippen LogP contribution in [0.3, 0.4) is 0 Å². The Labute approximate surface area is 118 Å². The molecule has 3 aliphatic rings. The molecular weight excluding hydrogens is 236 g/mol. The third-order valence-electron chi connectivity index (χ3n) is 5.44. The fraction of sp³-hybridized carbons (Fsp3) is 1.00. The summed E-state index contributed by atoms with van der Waals surface area (Å²) in [6, 6.07) is 0.918. The van der Waals surface area contributed by atoms with E-state index in [-0.39, 0.29) is 6.10 Å². The van der Waals surface area contributed by atoms with Crippen LogP contribution in [0.15, 0.2) is 0 Å². The van der Waals surface area contributed by atoms with Crippen LogP contribution < -0.4 is 0 Å². The second-order valence-corrected chi connectivity index (χ2v) is 7.80. The molecule has 1 N–H and O–H groups in total. The first-order valence-electron chi connectivity index (χ1n) is 8.18. The van der Waals surface area contributed by atoms with Crippen molar-refractivity contribution in [2.75, 3.05) is 32.7 Å². The molecular formula is C16H30N2O. The van der Waals surface area contributed by atoms with Gasteiger partial charge in [0.1, 0.15) is 0 Å². The van der Waals surface area contributed by atoms with Gasteiger partial charge in [0.25, 0.3) is 0 Å². The van der Waals surface area contributed by atoms with Gasteiger partial charge in [0.05, 0.1) is 6.10 Å². The lowest BCUT2D eigenvalue weighted by Crippen LogP contribution is -2.50. The van der Waals surface area contributed by atoms with Crippen molar-refractivity contribution in [3.8, 4) is 0 Å². The summed E-state index contributed by atoms with van der Waals surface area (Å²) in [5.74, 6) is 0.497. The molecule has 19 heavy (non-hydrogen) atoms. The van der Waals surface area contributed by atoms with Crippen molar-refractivity contribution in [2.45, 2.75) is 58.1 Å². The van der Waals surface area contributed by atoms with Crippen molar-refractivity contribution in [1.82, 2.24) is 9.80 Å². The summed E-state index contributed by atoms with van der Waals surface area (Å²) in [5, 5.41) is 10.2. The number of rotatable bonds is 3. The molecule has 2 aliphatic carbocycles. The number of piperazine rings is 1. The predicted octanol–water partition coefficient (Wildman–Crippen LogP) is 1.95. The SMILES string of the molecule is CC1(C)CCC(O)C(CN2CCN(C3CC3)CC2)C1. The molecule has 2 saturated carbocycles. The second kappa shape index (κ2) is 5.34. The Morgan fingerprint density at radius 2 is 1.74 bits per heavy atom. The molecule has 110 valence electrons. The fourth-order valence-electron chi connectivity index (χ4n) is 3.99. The van der Waals surface area contributed by atoms with Crippen molar-refractivity contribution in [1.29, 1.82) is 0 Å². The summed E-state index contributed by atoms with van der Waals surface area (Å²) in [5.41, 5.74) is 0.430. The Kier molecular flexibility index (Phi) is 3.89. The molecule has 3 rings (SSSR count). The molecule has 0 aromatic carbocycles. The van der Waals surface area contributed by atoms with Gasteiger partial charge in [-0.25, -0.2) is 0 Å². The summed E-state index contributed by atoms with van der Waals surface area (Å²) >= 11 is 0. The third-order valence-corrected chi connectivity index (χ3v) is 5.44. The van der Waals surface area contributed by atoms with Gasteiger partial charge < -0.3 is 10.0 Å². The molecule has 3 nitrogen and oxygen atoms in total. The Balaban J connectivity index is 1.47. The smallest absolute Gasteiger partial charge is 0.0581 e. The molecule has 0 amide bonds. The van der Waals surface area contributed by atoms with E-state index in [1.165, 1.54) is 51.9 Å². The van der Waals surface area contributed by atoms with Gasteiger partial charge in [-0.2, -0.15) is 0 Å². The lowest BCUT2D eigenvalue weighted by atomic mass is 9.70. The van der Waals surface area contributed by atoms with Crippen molar-refractivity contribution >= 4 is 0 Å². The van der Waals surface area contributed by atoms with Gasteiger partial charge in [0.2, 0.25) is 0 Å². The van der Waals surface area contributed by atoms with Crippen LogP contribution in [0.1, 0.15) is 46.0 Å². The second-order valence-electron chi connectivity index (χ2n) is 7.80. The van der Waals surface area contributed by atoms with Crippen LogP contribution in [0.5, 0.6) is 0 Å². The Morgan fingerprint density at radius 1 is 1.05 bits per heavy atom. The van der Waals surface area contributed by atoms with E-state index in [0.717, 1.165) is 19.0 Å². The van der Waals surface area contributed by atoms with E-state index < -0.39 is 0 Å². The lowest BCUT2D eigenvalue weighted by molar-refractivity contribution is -0.00391.